The van der Waals surface area contributed by atoms with E-state index in [0.717, 1.165) is 11.3 Å². The fourth-order valence-corrected chi connectivity index (χ4v) is 2.93. The van der Waals surface area contributed by atoms with E-state index in [0.29, 0.717) is 28.4 Å². The van der Waals surface area contributed by atoms with Crippen LogP contribution in [0.15, 0.2) is 77.3 Å². The van der Waals surface area contributed by atoms with Crippen molar-refractivity contribution in [3.8, 4) is 34.3 Å². The molecular weight excluding hydrogens is 382 g/mol. The third-order valence-corrected chi connectivity index (χ3v) is 4.52. The van der Waals surface area contributed by atoms with E-state index >= 15 is 0 Å². The van der Waals surface area contributed by atoms with Crippen molar-refractivity contribution in [3.63, 3.8) is 0 Å². The van der Waals surface area contributed by atoms with Gasteiger partial charge < -0.3 is 19.3 Å². The van der Waals surface area contributed by atoms with Gasteiger partial charge >= 0.3 is 0 Å². The molecule has 0 aliphatic carbocycles. The van der Waals surface area contributed by atoms with Gasteiger partial charge in [-0.15, -0.1) is 0 Å². The number of carbonyl (C=O) groups is 1. The number of nitrogens with one attached hydrogen (secondary N) is 1. The lowest BCUT2D eigenvalue weighted by molar-refractivity contribution is 0.102. The first-order valence-corrected chi connectivity index (χ1v) is 9.21. The summed E-state index contributed by atoms with van der Waals surface area (Å²) in [7, 11) is 3.20. The Kier molecular flexibility index (Phi) is 5.43. The number of nitrogens with zero attached hydrogens (tertiary/aromatic N) is 2. The summed E-state index contributed by atoms with van der Waals surface area (Å²) in [6, 6.07) is 21.5. The Morgan fingerprint density at radius 3 is 2.17 bits per heavy atom. The van der Waals surface area contributed by atoms with Crippen LogP contribution in [0, 0.1) is 0 Å². The molecule has 0 saturated carbocycles. The van der Waals surface area contributed by atoms with Crippen LogP contribution >= 0.6 is 0 Å². The summed E-state index contributed by atoms with van der Waals surface area (Å²) in [5, 5.41) is 6.92. The predicted octanol–water partition coefficient (Wildman–Crippen LogP) is 4.67. The topological polar surface area (TPSA) is 86.5 Å². The third kappa shape index (κ3) is 4.00. The van der Waals surface area contributed by atoms with Gasteiger partial charge in [-0.3, -0.25) is 4.79 Å². The minimum absolute atomic E-state index is 0.265. The lowest BCUT2D eigenvalue weighted by atomic mass is 10.1. The molecule has 3 aromatic carbocycles. The molecule has 7 nitrogen and oxygen atoms in total. The molecule has 1 aromatic heterocycles. The second-order valence-corrected chi connectivity index (χ2v) is 6.38. The first kappa shape index (κ1) is 19.2. The Hall–Kier alpha value is -4.13. The second kappa shape index (κ2) is 8.48. The zero-order chi connectivity index (χ0) is 20.9. The van der Waals surface area contributed by atoms with E-state index in [2.05, 4.69) is 15.5 Å². The van der Waals surface area contributed by atoms with E-state index in [-0.39, 0.29) is 11.8 Å². The first-order valence-electron chi connectivity index (χ1n) is 9.21. The van der Waals surface area contributed by atoms with Crippen molar-refractivity contribution in [3.05, 3.63) is 78.4 Å². The molecule has 150 valence electrons. The van der Waals surface area contributed by atoms with Crippen molar-refractivity contribution in [1.82, 2.24) is 10.1 Å². The van der Waals surface area contributed by atoms with Crippen LogP contribution in [-0.4, -0.2) is 30.3 Å². The van der Waals surface area contributed by atoms with Crippen LogP contribution in [0.5, 0.6) is 11.5 Å². The number of aromatic nitrogens is 2. The fraction of sp³-hybridized carbons (Fsp3) is 0.0870. The number of rotatable bonds is 6. The van der Waals surface area contributed by atoms with Crippen molar-refractivity contribution in [2.24, 2.45) is 0 Å². The van der Waals surface area contributed by atoms with Gasteiger partial charge in [0.15, 0.2) is 0 Å². The molecule has 0 aliphatic rings. The Balaban J connectivity index is 1.59. The average molecular weight is 401 g/mol. The van der Waals surface area contributed by atoms with Gasteiger partial charge in [0.2, 0.25) is 5.82 Å². The zero-order valence-corrected chi connectivity index (χ0v) is 16.5. The Morgan fingerprint density at radius 1 is 0.867 bits per heavy atom. The molecule has 0 atom stereocenters. The van der Waals surface area contributed by atoms with Crippen molar-refractivity contribution in [2.75, 3.05) is 19.5 Å². The van der Waals surface area contributed by atoms with Crippen LogP contribution in [0.3, 0.4) is 0 Å². The van der Waals surface area contributed by atoms with E-state index < -0.39 is 0 Å². The van der Waals surface area contributed by atoms with E-state index in [9.17, 15) is 4.79 Å². The molecule has 1 N–H and O–H groups in total. The molecule has 4 aromatic rings. The number of benzene rings is 3. The number of methoxy groups -OCH3 is 2. The monoisotopic (exact) mass is 401 g/mol. The number of amides is 1. The van der Waals surface area contributed by atoms with Crippen LogP contribution in [-0.2, 0) is 0 Å². The number of anilines is 1. The standard InChI is InChI=1S/C23H19N3O4/c1-28-17-11-7-15(8-12-17)21-25-23(30-26-21)20-6-4-3-5-19(20)22(27)24-16-9-13-18(29-2)14-10-16/h3-14H,1-2H3,(H,24,27). The summed E-state index contributed by atoms with van der Waals surface area (Å²) >= 11 is 0. The van der Waals surface area contributed by atoms with E-state index in [4.69, 9.17) is 14.0 Å². The summed E-state index contributed by atoms with van der Waals surface area (Å²) in [5.41, 5.74) is 2.42. The van der Waals surface area contributed by atoms with Crippen LogP contribution in [0.2, 0.25) is 0 Å². The minimum Gasteiger partial charge on any atom is -0.497 e. The van der Waals surface area contributed by atoms with Crippen LogP contribution in [0.4, 0.5) is 5.69 Å². The highest BCUT2D eigenvalue weighted by molar-refractivity contribution is 6.08. The number of ether oxygens (including phenoxy) is 2. The van der Waals surface area contributed by atoms with E-state index in [1.54, 1.807) is 56.7 Å². The van der Waals surface area contributed by atoms with Crippen LogP contribution in [0.1, 0.15) is 10.4 Å². The SMILES string of the molecule is COc1ccc(NC(=O)c2ccccc2-c2nc(-c3ccc(OC)cc3)no2)cc1. The highest BCUT2D eigenvalue weighted by Gasteiger charge is 2.18. The third-order valence-electron chi connectivity index (χ3n) is 4.52. The molecule has 4 rings (SSSR count). The summed E-state index contributed by atoms with van der Waals surface area (Å²) in [4.78, 5) is 17.3. The van der Waals surface area contributed by atoms with Gasteiger partial charge in [0, 0.05) is 11.3 Å². The van der Waals surface area contributed by atoms with Crippen molar-refractivity contribution >= 4 is 11.6 Å². The molecule has 0 aliphatic heterocycles. The highest BCUT2D eigenvalue weighted by Crippen LogP contribution is 2.27. The molecule has 0 bridgehead atoms. The lowest BCUT2D eigenvalue weighted by Gasteiger charge is -2.08. The molecule has 0 unspecified atom stereocenters. The van der Waals surface area contributed by atoms with E-state index in [1.165, 1.54) is 0 Å². The van der Waals surface area contributed by atoms with E-state index in [1.807, 2.05) is 30.3 Å². The maximum Gasteiger partial charge on any atom is 0.259 e. The van der Waals surface area contributed by atoms with Gasteiger partial charge in [-0.1, -0.05) is 17.3 Å². The minimum atomic E-state index is -0.278. The highest BCUT2D eigenvalue weighted by atomic mass is 16.5. The maximum absolute atomic E-state index is 12.9. The quantitative estimate of drug-likeness (QED) is 0.505. The maximum atomic E-state index is 12.9. The largest absolute Gasteiger partial charge is 0.497 e. The Labute approximate surface area is 173 Å². The summed E-state index contributed by atoms with van der Waals surface area (Å²) < 4.78 is 15.8. The summed E-state index contributed by atoms with van der Waals surface area (Å²) in [5.74, 6) is 1.87. The van der Waals surface area contributed by atoms with Crippen LogP contribution in [0.25, 0.3) is 22.8 Å². The molecule has 0 saturated heterocycles. The van der Waals surface area contributed by atoms with Gasteiger partial charge in [-0.05, 0) is 60.7 Å². The summed E-state index contributed by atoms with van der Waals surface area (Å²) in [6.45, 7) is 0. The van der Waals surface area contributed by atoms with Gasteiger partial charge in [0.1, 0.15) is 11.5 Å². The molecule has 7 heteroatoms. The van der Waals surface area contributed by atoms with Crippen molar-refractivity contribution in [1.29, 1.82) is 0 Å². The Bertz CT molecular complexity index is 1150. The lowest BCUT2D eigenvalue weighted by Crippen LogP contribution is -2.13. The number of hydrogen-bond donors (Lipinski definition) is 1. The van der Waals surface area contributed by atoms with Gasteiger partial charge in [0.25, 0.3) is 11.8 Å². The molecule has 30 heavy (non-hydrogen) atoms. The number of carbonyl (C=O) groups excluding carboxylic acids is 1. The second-order valence-electron chi connectivity index (χ2n) is 6.38. The number of hydrogen-bond acceptors (Lipinski definition) is 6. The molecule has 1 amide bonds. The smallest absolute Gasteiger partial charge is 0.259 e. The summed E-state index contributed by atoms with van der Waals surface area (Å²) in [6.07, 6.45) is 0. The first-order chi connectivity index (χ1) is 14.7. The predicted molar refractivity (Wildman–Crippen MR) is 113 cm³/mol. The zero-order valence-electron chi connectivity index (χ0n) is 16.5. The molecule has 0 fully saturated rings. The van der Waals surface area contributed by atoms with Gasteiger partial charge in [0.05, 0.1) is 25.3 Å². The normalized spacial score (nSPS) is 10.5. The van der Waals surface area contributed by atoms with Crippen molar-refractivity contribution < 1.29 is 18.8 Å². The molecule has 0 radical (unpaired) electrons. The van der Waals surface area contributed by atoms with Gasteiger partial charge in [-0.25, -0.2) is 0 Å². The fourth-order valence-electron chi connectivity index (χ4n) is 2.93. The van der Waals surface area contributed by atoms with Crippen LogP contribution < -0.4 is 14.8 Å². The van der Waals surface area contributed by atoms with Gasteiger partial charge in [-0.2, -0.15) is 4.98 Å². The Morgan fingerprint density at radius 2 is 1.50 bits per heavy atom. The molecule has 0 spiro atoms. The van der Waals surface area contributed by atoms with Crippen molar-refractivity contribution in [2.45, 2.75) is 0 Å². The average Bonchev–Trinajstić information content (AvgIpc) is 3.30. The molecule has 1 heterocycles. The molecular formula is C23H19N3O4.